The van der Waals surface area contributed by atoms with Crippen LogP contribution in [0.2, 0.25) is 5.02 Å². The monoisotopic (exact) mass is 871 g/mol. The van der Waals surface area contributed by atoms with Crippen molar-refractivity contribution in [2.45, 2.75) is 95.9 Å². The Bertz CT molecular complexity index is 2290. The van der Waals surface area contributed by atoms with E-state index in [2.05, 4.69) is 25.1 Å². The van der Waals surface area contributed by atoms with Gasteiger partial charge in [-0.1, -0.05) is 43.9 Å². The molecule has 0 spiro atoms. The largest absolute Gasteiger partial charge is 0.493 e. The highest BCUT2D eigenvalue weighted by atomic mass is 35.5. The number of piperazine rings is 1. The molecular formula is C47H56ClF2N7O5. The van der Waals surface area contributed by atoms with E-state index in [-0.39, 0.29) is 35.9 Å². The first-order chi connectivity index (χ1) is 30.1. The van der Waals surface area contributed by atoms with Gasteiger partial charge in [-0.05, 0) is 98.6 Å². The Balaban J connectivity index is 0.819. The summed E-state index contributed by atoms with van der Waals surface area (Å²) in [5.41, 5.74) is 4.27. The number of aromatic nitrogens is 2. The van der Waals surface area contributed by atoms with E-state index in [4.69, 9.17) is 21.1 Å². The molecule has 0 saturated carbocycles. The van der Waals surface area contributed by atoms with Crippen LogP contribution in [0, 0.1) is 11.6 Å². The van der Waals surface area contributed by atoms with Crippen LogP contribution in [-0.2, 0) is 25.7 Å². The van der Waals surface area contributed by atoms with Crippen LogP contribution in [0.1, 0.15) is 100.0 Å². The second-order valence-electron chi connectivity index (χ2n) is 16.9. The number of methoxy groups -OCH3 is 1. The molecule has 330 valence electrons. The van der Waals surface area contributed by atoms with Gasteiger partial charge >= 0.3 is 0 Å². The Kier molecular flexibility index (Phi) is 14.0. The summed E-state index contributed by atoms with van der Waals surface area (Å²) in [7, 11) is 1.58. The predicted molar refractivity (Wildman–Crippen MR) is 234 cm³/mol. The molecule has 3 fully saturated rings. The van der Waals surface area contributed by atoms with Gasteiger partial charge in [0, 0.05) is 80.8 Å². The van der Waals surface area contributed by atoms with Gasteiger partial charge in [-0.2, -0.15) is 0 Å². The molecule has 3 amide bonds. The molecule has 0 bridgehead atoms. The lowest BCUT2D eigenvalue weighted by Crippen LogP contribution is -2.52. The zero-order chi connectivity index (χ0) is 43.3. The van der Waals surface area contributed by atoms with E-state index in [1.54, 1.807) is 37.4 Å². The number of ether oxygens (including phenoxy) is 2. The van der Waals surface area contributed by atoms with E-state index in [9.17, 15) is 14.4 Å². The molecule has 3 unspecified atom stereocenters. The molecule has 15 heteroatoms. The fraction of sp³-hybridized carbons (Fsp3) is 0.511. The summed E-state index contributed by atoms with van der Waals surface area (Å²) in [5, 5.41) is 3.60. The lowest BCUT2D eigenvalue weighted by atomic mass is 9.86. The molecule has 4 aromatic rings. The summed E-state index contributed by atoms with van der Waals surface area (Å²) in [4.78, 5) is 54.4. The summed E-state index contributed by atoms with van der Waals surface area (Å²) in [6.07, 6.45) is 9.11. The van der Waals surface area contributed by atoms with Crippen molar-refractivity contribution in [2.24, 2.45) is 0 Å². The van der Waals surface area contributed by atoms with Crippen LogP contribution in [0.4, 0.5) is 14.6 Å². The van der Waals surface area contributed by atoms with Gasteiger partial charge in [0.1, 0.15) is 35.8 Å². The lowest BCUT2D eigenvalue weighted by Gasteiger charge is -2.35. The van der Waals surface area contributed by atoms with Crippen molar-refractivity contribution >= 4 is 46.0 Å². The van der Waals surface area contributed by atoms with Gasteiger partial charge in [-0.15, -0.1) is 0 Å². The topological polar surface area (TPSA) is 120 Å². The predicted octanol–water partition coefficient (Wildman–Crippen LogP) is 7.76. The highest BCUT2D eigenvalue weighted by Crippen LogP contribution is 2.44. The Morgan fingerprint density at radius 3 is 2.53 bits per heavy atom. The number of anilines is 1. The van der Waals surface area contributed by atoms with Crippen molar-refractivity contribution in [1.82, 2.24) is 30.0 Å². The van der Waals surface area contributed by atoms with E-state index >= 15 is 8.78 Å². The molecule has 3 aromatic carbocycles. The number of carbonyl (C=O) groups excluding carboxylic acids is 3. The van der Waals surface area contributed by atoms with Crippen molar-refractivity contribution in [3.8, 4) is 16.9 Å². The van der Waals surface area contributed by atoms with Gasteiger partial charge in [0.25, 0.3) is 0 Å². The van der Waals surface area contributed by atoms with Gasteiger partial charge in [-0.25, -0.2) is 18.7 Å². The number of imide groups is 1. The molecule has 62 heavy (non-hydrogen) atoms. The normalized spacial score (nSPS) is 21.1. The summed E-state index contributed by atoms with van der Waals surface area (Å²) < 4.78 is 42.8. The number of hydrogen-bond donors (Lipinski definition) is 1. The summed E-state index contributed by atoms with van der Waals surface area (Å²) in [6.45, 7) is 8.16. The van der Waals surface area contributed by atoms with Crippen LogP contribution in [-0.4, -0.2) is 108 Å². The number of amides is 3. The van der Waals surface area contributed by atoms with Gasteiger partial charge in [0.05, 0.1) is 23.7 Å². The zero-order valence-electron chi connectivity index (χ0n) is 35.6. The molecule has 12 nitrogen and oxygen atoms in total. The number of nitrogens with zero attached hydrogens (tertiary/aromatic N) is 6. The van der Waals surface area contributed by atoms with Gasteiger partial charge in [0.15, 0.2) is 0 Å². The average molecular weight is 872 g/mol. The Labute approximate surface area is 366 Å². The molecule has 4 aliphatic rings. The maximum absolute atomic E-state index is 15.6. The van der Waals surface area contributed by atoms with Crippen molar-refractivity contribution in [3.05, 3.63) is 82.1 Å². The molecule has 3 saturated heterocycles. The second kappa shape index (κ2) is 19.7. The Morgan fingerprint density at radius 2 is 1.74 bits per heavy atom. The molecule has 8 rings (SSSR count). The maximum Gasteiger partial charge on any atom is 0.244 e. The molecular weight excluding hydrogens is 816 g/mol. The highest BCUT2D eigenvalue weighted by Gasteiger charge is 2.42. The van der Waals surface area contributed by atoms with Gasteiger partial charge in [0.2, 0.25) is 17.7 Å². The average Bonchev–Trinajstić information content (AvgIpc) is 3.64. The molecule has 0 radical (unpaired) electrons. The summed E-state index contributed by atoms with van der Waals surface area (Å²) in [5.74, 6) is 0.191. The number of unbranched alkanes of at least 4 members (excludes halogenated alkanes) is 4. The highest BCUT2D eigenvalue weighted by molar-refractivity contribution is 6.34. The third kappa shape index (κ3) is 9.44. The Morgan fingerprint density at radius 1 is 0.952 bits per heavy atom. The fourth-order valence-corrected chi connectivity index (χ4v) is 10.1. The van der Waals surface area contributed by atoms with E-state index in [1.165, 1.54) is 18.5 Å². The fourth-order valence-electron chi connectivity index (χ4n) is 9.87. The minimum absolute atomic E-state index is 0.145. The van der Waals surface area contributed by atoms with Crippen molar-refractivity contribution in [2.75, 3.05) is 64.4 Å². The number of rotatable bonds is 15. The van der Waals surface area contributed by atoms with Crippen LogP contribution >= 0.6 is 11.6 Å². The molecule has 5 heterocycles. The van der Waals surface area contributed by atoms with E-state index in [0.29, 0.717) is 79.6 Å². The van der Waals surface area contributed by atoms with Crippen LogP contribution in [0.3, 0.4) is 0 Å². The molecule has 4 aliphatic heterocycles. The van der Waals surface area contributed by atoms with Crippen LogP contribution < -0.4 is 15.0 Å². The maximum atomic E-state index is 15.6. The van der Waals surface area contributed by atoms with Crippen LogP contribution in [0.5, 0.6) is 5.75 Å². The summed E-state index contributed by atoms with van der Waals surface area (Å²) in [6, 6.07) is 11.1. The lowest BCUT2D eigenvalue weighted by molar-refractivity contribution is -0.143. The van der Waals surface area contributed by atoms with Gasteiger partial charge in [-0.3, -0.25) is 24.6 Å². The number of benzene rings is 3. The number of hydrogen-bond acceptors (Lipinski definition) is 10. The molecule has 0 aliphatic carbocycles. The number of likely N-dealkylation sites (tertiary alicyclic amines) is 1. The van der Waals surface area contributed by atoms with Gasteiger partial charge < -0.3 is 24.2 Å². The standard InChI is InChI=1S/C47H56ClF2N7O5/c1-3-43(59)55-18-20-56(21-19-55)45-35-25-37(48)34(26-39(35)51-29-52-45)44-38(50)12-9-13-41(44)62-22-8-6-4-5-7-16-54-17-10-11-30(27-54)32-23-31(49)24-33-36(32)28-57(47(33)61-2)40-14-15-42(58)53-46(40)60/h9,12-13,23-26,29-30,40,47H,3-8,10-11,14-22,27-28H2,1-2H3,(H,53,58,60). The second-order valence-corrected chi connectivity index (χ2v) is 17.3. The van der Waals surface area contributed by atoms with Crippen molar-refractivity contribution in [3.63, 3.8) is 0 Å². The third-order valence-electron chi connectivity index (χ3n) is 13.0. The number of nitrogens with one attached hydrogen (secondary N) is 1. The summed E-state index contributed by atoms with van der Waals surface area (Å²) >= 11 is 6.89. The number of carbonyl (C=O) groups is 3. The number of fused-ring (bicyclic) bond motifs is 2. The quantitative estimate of drug-likeness (QED) is 0.0938. The number of halogens is 3. The molecule has 3 atom stereocenters. The molecule has 1 aromatic heterocycles. The minimum Gasteiger partial charge on any atom is -0.493 e. The SMILES string of the molecule is CCC(=O)N1CCN(c2ncnc3cc(-c4c(F)cccc4OCCCCCCCN4CCCC(c5cc(F)cc6c5CN(C5CCC(=O)NC5=O)C6OC)C4)c(Cl)cc23)CC1. The minimum atomic E-state index is -0.546. The Hall–Kier alpha value is -4.76. The van der Waals surface area contributed by atoms with Crippen LogP contribution in [0.25, 0.3) is 22.0 Å². The first-order valence-corrected chi connectivity index (χ1v) is 22.6. The molecule has 1 N–H and O–H groups in total. The third-order valence-corrected chi connectivity index (χ3v) is 13.3. The first-order valence-electron chi connectivity index (χ1n) is 22.2. The van der Waals surface area contributed by atoms with Crippen molar-refractivity contribution in [1.29, 1.82) is 0 Å². The zero-order valence-corrected chi connectivity index (χ0v) is 36.4. The van der Waals surface area contributed by atoms with Crippen LogP contribution in [0.15, 0.2) is 48.8 Å². The van der Waals surface area contributed by atoms with E-state index in [0.717, 1.165) is 92.5 Å². The van der Waals surface area contributed by atoms with E-state index < -0.39 is 18.1 Å². The first kappa shape index (κ1) is 43.9. The van der Waals surface area contributed by atoms with E-state index in [1.807, 2.05) is 16.7 Å². The van der Waals surface area contributed by atoms with Crippen molar-refractivity contribution < 1.29 is 32.6 Å². The smallest absolute Gasteiger partial charge is 0.244 e. The number of piperidine rings is 2.